The lowest BCUT2D eigenvalue weighted by Gasteiger charge is -2.00. The first kappa shape index (κ1) is 20.6. The van der Waals surface area contributed by atoms with E-state index in [0.29, 0.717) is 21.6 Å². The van der Waals surface area contributed by atoms with Gasteiger partial charge in [-0.2, -0.15) is 5.10 Å². The first-order valence-corrected chi connectivity index (χ1v) is 10.5. The summed E-state index contributed by atoms with van der Waals surface area (Å²) in [6.45, 7) is 4.08. The normalized spacial score (nSPS) is 16.3. The maximum absolute atomic E-state index is 9.86. The van der Waals surface area contributed by atoms with Crippen molar-refractivity contribution in [1.82, 2.24) is 5.43 Å². The molecule has 1 aliphatic rings. The van der Waals surface area contributed by atoms with Crippen molar-refractivity contribution in [3.05, 3.63) is 89.5 Å². The van der Waals surface area contributed by atoms with Gasteiger partial charge in [-0.15, -0.1) is 0 Å². The molecule has 3 aromatic carbocycles. The van der Waals surface area contributed by atoms with E-state index < -0.39 is 0 Å². The Morgan fingerprint density at radius 3 is 2.10 bits per heavy atom. The lowest BCUT2D eigenvalue weighted by Crippen LogP contribution is -2.11. The van der Waals surface area contributed by atoms with Crippen LogP contribution in [0.15, 0.2) is 92.9 Å². The molecule has 0 aromatic heterocycles. The summed E-state index contributed by atoms with van der Waals surface area (Å²) in [4.78, 5) is 14.0. The Bertz CT molecular complexity index is 1200. The Morgan fingerprint density at radius 1 is 0.839 bits per heavy atom. The average molecular weight is 428 g/mol. The number of aryl methyl sites for hydroxylation is 2. The van der Waals surface area contributed by atoms with Crippen LogP contribution < -0.4 is 5.43 Å². The molecule has 0 amide bonds. The molecule has 4 rings (SSSR count). The minimum atomic E-state index is 0.164. The Kier molecular flexibility index (Phi) is 6.24. The SMILES string of the molecule is Cc1ccc(N=C2N=C(N/N=C/c3ccccc3O)SC2=Nc2ccc(C)cc2)cc1. The molecule has 0 radical (unpaired) electrons. The van der Waals surface area contributed by atoms with Crippen molar-refractivity contribution >= 4 is 45.4 Å². The van der Waals surface area contributed by atoms with Gasteiger partial charge in [0.25, 0.3) is 0 Å². The first-order valence-electron chi connectivity index (χ1n) is 9.71. The number of aromatic hydroxyl groups is 1. The zero-order valence-electron chi connectivity index (χ0n) is 17.1. The summed E-state index contributed by atoms with van der Waals surface area (Å²) >= 11 is 1.36. The number of hydrogen-bond donors (Lipinski definition) is 2. The van der Waals surface area contributed by atoms with Crippen molar-refractivity contribution in [2.75, 3.05) is 0 Å². The Labute approximate surface area is 185 Å². The highest BCUT2D eigenvalue weighted by molar-refractivity contribution is 8.28. The molecule has 2 N–H and O–H groups in total. The summed E-state index contributed by atoms with van der Waals surface area (Å²) in [7, 11) is 0. The highest BCUT2D eigenvalue weighted by atomic mass is 32.2. The fourth-order valence-corrected chi connectivity index (χ4v) is 3.48. The number of benzene rings is 3. The van der Waals surface area contributed by atoms with Gasteiger partial charge in [-0.3, -0.25) is 5.43 Å². The molecule has 7 heteroatoms. The van der Waals surface area contributed by atoms with Crippen LogP contribution in [-0.4, -0.2) is 27.4 Å². The molecule has 0 unspecified atom stereocenters. The Balaban J connectivity index is 1.60. The molecule has 1 heterocycles. The maximum atomic E-state index is 9.86. The van der Waals surface area contributed by atoms with Crippen LogP contribution in [0.5, 0.6) is 5.75 Å². The van der Waals surface area contributed by atoms with Crippen LogP contribution in [0, 0.1) is 13.8 Å². The second-order valence-corrected chi connectivity index (χ2v) is 7.95. The zero-order chi connectivity index (χ0) is 21.6. The predicted molar refractivity (Wildman–Crippen MR) is 130 cm³/mol. The number of aliphatic imine (C=N–C) groups is 3. The van der Waals surface area contributed by atoms with E-state index in [2.05, 4.69) is 20.5 Å². The van der Waals surface area contributed by atoms with E-state index in [1.807, 2.05) is 68.4 Å². The van der Waals surface area contributed by atoms with Gasteiger partial charge in [0.05, 0.1) is 17.6 Å². The molecule has 0 aliphatic carbocycles. The van der Waals surface area contributed by atoms with Crippen molar-refractivity contribution in [3.8, 4) is 5.75 Å². The minimum Gasteiger partial charge on any atom is -0.507 e. The molecule has 1 aliphatic heterocycles. The molecule has 0 atom stereocenters. The Morgan fingerprint density at radius 2 is 1.45 bits per heavy atom. The van der Waals surface area contributed by atoms with Crippen molar-refractivity contribution in [1.29, 1.82) is 0 Å². The van der Waals surface area contributed by atoms with Gasteiger partial charge in [0.15, 0.2) is 11.0 Å². The fourth-order valence-electron chi connectivity index (χ4n) is 2.73. The molecule has 31 heavy (non-hydrogen) atoms. The molecule has 0 spiro atoms. The third kappa shape index (κ3) is 5.46. The molecular weight excluding hydrogens is 406 g/mol. The molecule has 0 bridgehead atoms. The number of hydrogen-bond acceptors (Lipinski definition) is 6. The van der Waals surface area contributed by atoms with E-state index in [0.717, 1.165) is 11.4 Å². The van der Waals surface area contributed by atoms with Gasteiger partial charge in [-0.1, -0.05) is 47.5 Å². The monoisotopic (exact) mass is 427 g/mol. The molecular formula is C24H21N5OS. The molecule has 3 aromatic rings. The summed E-state index contributed by atoms with van der Waals surface area (Å²) < 4.78 is 0. The summed E-state index contributed by atoms with van der Waals surface area (Å²) in [6.07, 6.45) is 1.55. The molecule has 154 valence electrons. The highest BCUT2D eigenvalue weighted by Gasteiger charge is 2.22. The number of nitrogens with one attached hydrogen (secondary N) is 1. The van der Waals surface area contributed by atoms with Crippen LogP contribution in [0.2, 0.25) is 0 Å². The topological polar surface area (TPSA) is 81.7 Å². The number of para-hydroxylation sites is 1. The summed E-state index contributed by atoms with van der Waals surface area (Å²) in [5.41, 5.74) is 7.51. The number of hydrazone groups is 1. The van der Waals surface area contributed by atoms with E-state index >= 15 is 0 Å². The molecule has 6 nitrogen and oxygen atoms in total. The quantitative estimate of drug-likeness (QED) is 0.426. The van der Waals surface area contributed by atoms with Crippen LogP contribution in [0.25, 0.3) is 0 Å². The number of amidine groups is 2. The van der Waals surface area contributed by atoms with Gasteiger partial charge in [0.2, 0.25) is 0 Å². The van der Waals surface area contributed by atoms with Crippen LogP contribution in [0.3, 0.4) is 0 Å². The number of nitrogens with zero attached hydrogens (tertiary/aromatic N) is 4. The van der Waals surface area contributed by atoms with E-state index in [-0.39, 0.29) is 5.75 Å². The lowest BCUT2D eigenvalue weighted by atomic mass is 10.2. The minimum absolute atomic E-state index is 0.164. The lowest BCUT2D eigenvalue weighted by molar-refractivity contribution is 0.474. The average Bonchev–Trinajstić information content (AvgIpc) is 3.14. The van der Waals surface area contributed by atoms with Crippen LogP contribution in [-0.2, 0) is 0 Å². The molecule has 0 saturated heterocycles. The number of phenols is 1. The van der Waals surface area contributed by atoms with E-state index in [1.165, 1.54) is 22.9 Å². The summed E-state index contributed by atoms with van der Waals surface area (Å²) in [5, 5.41) is 15.3. The van der Waals surface area contributed by atoms with Crippen LogP contribution in [0.4, 0.5) is 11.4 Å². The smallest absolute Gasteiger partial charge is 0.190 e. The van der Waals surface area contributed by atoms with Gasteiger partial charge in [0.1, 0.15) is 10.8 Å². The number of rotatable bonds is 4. The maximum Gasteiger partial charge on any atom is 0.190 e. The van der Waals surface area contributed by atoms with Gasteiger partial charge >= 0.3 is 0 Å². The second kappa shape index (κ2) is 9.40. The molecule has 0 saturated carbocycles. The second-order valence-electron chi connectivity index (χ2n) is 6.97. The number of thioether (sulfide) groups is 1. The van der Waals surface area contributed by atoms with Crippen molar-refractivity contribution < 1.29 is 5.11 Å². The van der Waals surface area contributed by atoms with E-state index in [1.54, 1.807) is 24.4 Å². The fraction of sp³-hybridized carbons (Fsp3) is 0.0833. The van der Waals surface area contributed by atoms with E-state index in [9.17, 15) is 5.11 Å². The largest absolute Gasteiger partial charge is 0.507 e. The van der Waals surface area contributed by atoms with Gasteiger partial charge in [-0.05, 0) is 62.0 Å². The summed E-state index contributed by atoms with van der Waals surface area (Å²) in [6, 6.07) is 22.9. The molecule has 0 fully saturated rings. The zero-order valence-corrected chi connectivity index (χ0v) is 18.0. The van der Waals surface area contributed by atoms with E-state index in [4.69, 9.17) is 4.99 Å². The van der Waals surface area contributed by atoms with Crippen molar-refractivity contribution in [2.24, 2.45) is 20.1 Å². The van der Waals surface area contributed by atoms with Crippen molar-refractivity contribution in [3.63, 3.8) is 0 Å². The standard InChI is InChI=1S/C24H21N5OS/c1-16-7-11-19(12-8-16)26-22-23(27-20-13-9-17(2)10-14-20)31-24(28-22)29-25-15-18-5-3-4-6-21(18)30/h3-15,30H,1-2H3,(H,26,28,29)/b25-15+,27-23?. The third-order valence-corrected chi connectivity index (χ3v) is 5.27. The summed E-state index contributed by atoms with van der Waals surface area (Å²) in [5.74, 6) is 0.687. The number of phenolic OH excluding ortho intramolecular Hbond substituents is 1. The van der Waals surface area contributed by atoms with Gasteiger partial charge in [0, 0.05) is 5.56 Å². The van der Waals surface area contributed by atoms with Gasteiger partial charge in [-0.25, -0.2) is 15.0 Å². The predicted octanol–water partition coefficient (Wildman–Crippen LogP) is 5.50. The Hall–Kier alpha value is -3.71. The van der Waals surface area contributed by atoms with Crippen LogP contribution >= 0.6 is 11.8 Å². The van der Waals surface area contributed by atoms with Crippen molar-refractivity contribution in [2.45, 2.75) is 13.8 Å². The highest BCUT2D eigenvalue weighted by Crippen LogP contribution is 2.25. The van der Waals surface area contributed by atoms with Gasteiger partial charge < -0.3 is 5.11 Å². The first-order chi connectivity index (χ1) is 15.1. The third-order valence-electron chi connectivity index (χ3n) is 4.43. The van der Waals surface area contributed by atoms with Crippen LogP contribution in [0.1, 0.15) is 16.7 Å².